The predicted molar refractivity (Wildman–Crippen MR) is 95.4 cm³/mol. The predicted octanol–water partition coefficient (Wildman–Crippen LogP) is 3.08. The van der Waals surface area contributed by atoms with E-state index in [-0.39, 0.29) is 0 Å². The molecule has 0 unspecified atom stereocenters. The number of hydrogen-bond acceptors (Lipinski definition) is 6. The number of ether oxygens (including phenoxy) is 1. The van der Waals surface area contributed by atoms with Crippen molar-refractivity contribution in [2.45, 2.75) is 26.9 Å². The summed E-state index contributed by atoms with van der Waals surface area (Å²) in [7, 11) is 1.68. The Kier molecular flexibility index (Phi) is 3.80. The first-order valence-corrected chi connectivity index (χ1v) is 8.16. The van der Waals surface area contributed by atoms with E-state index >= 15 is 0 Å². The molecule has 3 heterocycles. The van der Waals surface area contributed by atoms with Crippen molar-refractivity contribution in [3.63, 3.8) is 0 Å². The van der Waals surface area contributed by atoms with E-state index < -0.39 is 0 Å². The summed E-state index contributed by atoms with van der Waals surface area (Å²) in [6, 6.07) is 6.09. The minimum Gasteiger partial charge on any atom is -0.497 e. The molecule has 126 valence electrons. The Hall–Kier alpha value is -3.02. The van der Waals surface area contributed by atoms with Gasteiger partial charge in [0.25, 0.3) is 0 Å². The second kappa shape index (κ2) is 6.12. The van der Waals surface area contributed by atoms with Crippen molar-refractivity contribution in [3.8, 4) is 16.9 Å². The Labute approximate surface area is 146 Å². The van der Waals surface area contributed by atoms with Gasteiger partial charge in [0.1, 0.15) is 24.2 Å². The molecule has 0 atom stereocenters. The molecule has 0 spiro atoms. The van der Waals surface area contributed by atoms with Crippen LogP contribution in [0.4, 0.5) is 5.82 Å². The molecule has 0 saturated heterocycles. The fourth-order valence-electron chi connectivity index (χ4n) is 3.31. The molecule has 25 heavy (non-hydrogen) atoms. The Morgan fingerprint density at radius 1 is 1.04 bits per heavy atom. The van der Waals surface area contributed by atoms with Gasteiger partial charge in [0, 0.05) is 23.9 Å². The topological polar surface area (TPSA) is 64.0 Å². The van der Waals surface area contributed by atoms with Gasteiger partial charge in [-0.1, -0.05) is 6.07 Å². The lowest BCUT2D eigenvalue weighted by atomic mass is 9.99. The van der Waals surface area contributed by atoms with Gasteiger partial charge in [0.05, 0.1) is 25.0 Å². The number of methoxy groups -OCH3 is 1. The molecule has 4 rings (SSSR count). The number of benzene rings is 1. The molecule has 1 aliphatic heterocycles. The van der Waals surface area contributed by atoms with E-state index in [9.17, 15) is 0 Å². The molecular weight excluding hydrogens is 314 g/mol. The standard InChI is InChI=1S/C19H19N5O/c1-12-6-15(25-3)4-5-16(12)18-13(2)21-11-23-19(18)24-8-14-7-20-10-22-17(14)9-24/h4-7,10-11H,8-9H2,1-3H3. The van der Waals surface area contributed by atoms with E-state index in [0.717, 1.165) is 58.3 Å². The highest BCUT2D eigenvalue weighted by atomic mass is 16.5. The maximum atomic E-state index is 5.33. The number of hydrogen-bond donors (Lipinski definition) is 0. The smallest absolute Gasteiger partial charge is 0.140 e. The van der Waals surface area contributed by atoms with Gasteiger partial charge in [-0.2, -0.15) is 0 Å². The van der Waals surface area contributed by atoms with E-state index in [2.05, 4.69) is 37.8 Å². The average molecular weight is 333 g/mol. The zero-order valence-corrected chi connectivity index (χ0v) is 14.5. The third kappa shape index (κ3) is 2.69. The summed E-state index contributed by atoms with van der Waals surface area (Å²) >= 11 is 0. The Balaban J connectivity index is 1.80. The maximum absolute atomic E-state index is 5.33. The third-order valence-electron chi connectivity index (χ3n) is 4.60. The van der Waals surface area contributed by atoms with Crippen LogP contribution in [-0.2, 0) is 13.1 Å². The fourth-order valence-corrected chi connectivity index (χ4v) is 3.31. The van der Waals surface area contributed by atoms with Crippen molar-refractivity contribution in [2.24, 2.45) is 0 Å². The van der Waals surface area contributed by atoms with Crippen LogP contribution in [0.15, 0.2) is 37.1 Å². The number of fused-ring (bicyclic) bond motifs is 1. The van der Waals surface area contributed by atoms with Gasteiger partial charge in [-0.3, -0.25) is 0 Å². The summed E-state index contributed by atoms with van der Waals surface area (Å²) in [5.41, 5.74) is 6.48. The first-order chi connectivity index (χ1) is 12.2. The summed E-state index contributed by atoms with van der Waals surface area (Å²) < 4.78 is 5.33. The first kappa shape index (κ1) is 15.5. The number of aryl methyl sites for hydroxylation is 2. The van der Waals surface area contributed by atoms with E-state index in [1.165, 1.54) is 0 Å². The second-order valence-electron chi connectivity index (χ2n) is 6.19. The van der Waals surface area contributed by atoms with Crippen molar-refractivity contribution in [2.75, 3.05) is 12.0 Å². The summed E-state index contributed by atoms with van der Waals surface area (Å²) in [6.07, 6.45) is 5.11. The van der Waals surface area contributed by atoms with Crippen LogP contribution in [-0.4, -0.2) is 27.0 Å². The summed E-state index contributed by atoms with van der Waals surface area (Å²) in [4.78, 5) is 19.8. The van der Waals surface area contributed by atoms with Crippen LogP contribution in [0.5, 0.6) is 5.75 Å². The number of aromatic nitrogens is 4. The molecule has 0 amide bonds. The molecule has 0 fully saturated rings. The summed E-state index contributed by atoms with van der Waals surface area (Å²) in [5, 5.41) is 0. The van der Waals surface area contributed by atoms with Gasteiger partial charge in [-0.15, -0.1) is 0 Å². The maximum Gasteiger partial charge on any atom is 0.140 e. The lowest BCUT2D eigenvalue weighted by Crippen LogP contribution is -2.18. The minimum atomic E-state index is 0.733. The monoisotopic (exact) mass is 333 g/mol. The average Bonchev–Trinajstić information content (AvgIpc) is 3.06. The molecular formula is C19H19N5O. The highest BCUT2D eigenvalue weighted by Gasteiger charge is 2.25. The highest BCUT2D eigenvalue weighted by molar-refractivity contribution is 5.80. The van der Waals surface area contributed by atoms with Crippen LogP contribution in [0, 0.1) is 13.8 Å². The normalized spacial score (nSPS) is 13.0. The van der Waals surface area contributed by atoms with Crippen molar-refractivity contribution >= 4 is 5.82 Å². The minimum absolute atomic E-state index is 0.733. The molecule has 6 nitrogen and oxygen atoms in total. The highest BCUT2D eigenvalue weighted by Crippen LogP contribution is 2.37. The van der Waals surface area contributed by atoms with E-state index in [0.29, 0.717) is 0 Å². The molecule has 0 saturated carbocycles. The Bertz CT molecular complexity index is 916. The lowest BCUT2D eigenvalue weighted by molar-refractivity contribution is 0.414. The molecule has 0 aliphatic carbocycles. The van der Waals surface area contributed by atoms with Crippen LogP contribution in [0.3, 0.4) is 0 Å². The van der Waals surface area contributed by atoms with E-state index in [1.54, 1.807) is 19.8 Å². The van der Waals surface area contributed by atoms with Crippen LogP contribution in [0.2, 0.25) is 0 Å². The van der Waals surface area contributed by atoms with E-state index in [4.69, 9.17) is 4.74 Å². The van der Waals surface area contributed by atoms with Crippen LogP contribution < -0.4 is 9.64 Å². The van der Waals surface area contributed by atoms with Crippen molar-refractivity contribution in [1.29, 1.82) is 0 Å². The molecule has 1 aromatic carbocycles. The summed E-state index contributed by atoms with van der Waals surface area (Å²) in [6.45, 7) is 5.59. The Morgan fingerprint density at radius 2 is 1.92 bits per heavy atom. The van der Waals surface area contributed by atoms with Crippen LogP contribution >= 0.6 is 0 Å². The quantitative estimate of drug-likeness (QED) is 0.734. The van der Waals surface area contributed by atoms with Crippen molar-refractivity contribution in [3.05, 3.63) is 59.6 Å². The zero-order valence-electron chi connectivity index (χ0n) is 14.5. The molecule has 3 aromatic rings. The lowest BCUT2D eigenvalue weighted by Gasteiger charge is -2.22. The number of nitrogens with zero attached hydrogens (tertiary/aromatic N) is 5. The second-order valence-corrected chi connectivity index (χ2v) is 6.19. The van der Waals surface area contributed by atoms with Crippen LogP contribution in [0.25, 0.3) is 11.1 Å². The van der Waals surface area contributed by atoms with Crippen LogP contribution in [0.1, 0.15) is 22.5 Å². The summed E-state index contributed by atoms with van der Waals surface area (Å²) in [5.74, 6) is 1.78. The Morgan fingerprint density at radius 3 is 2.68 bits per heavy atom. The molecule has 0 radical (unpaired) electrons. The van der Waals surface area contributed by atoms with Gasteiger partial charge < -0.3 is 9.64 Å². The molecule has 0 N–H and O–H groups in total. The van der Waals surface area contributed by atoms with Gasteiger partial charge in [-0.05, 0) is 37.1 Å². The number of rotatable bonds is 3. The van der Waals surface area contributed by atoms with E-state index in [1.807, 2.05) is 25.3 Å². The van der Waals surface area contributed by atoms with Gasteiger partial charge in [-0.25, -0.2) is 19.9 Å². The molecule has 2 aromatic heterocycles. The first-order valence-electron chi connectivity index (χ1n) is 8.16. The van der Waals surface area contributed by atoms with Gasteiger partial charge in [0.15, 0.2) is 0 Å². The van der Waals surface area contributed by atoms with Crippen molar-refractivity contribution < 1.29 is 4.74 Å². The molecule has 1 aliphatic rings. The SMILES string of the molecule is COc1ccc(-c2c(C)ncnc2N2Cc3cncnc3C2)c(C)c1. The van der Waals surface area contributed by atoms with Crippen molar-refractivity contribution in [1.82, 2.24) is 19.9 Å². The largest absolute Gasteiger partial charge is 0.497 e. The van der Waals surface area contributed by atoms with Gasteiger partial charge in [0.2, 0.25) is 0 Å². The number of anilines is 1. The third-order valence-corrected chi connectivity index (χ3v) is 4.60. The molecule has 6 heteroatoms. The fraction of sp³-hybridized carbons (Fsp3) is 0.263. The molecule has 0 bridgehead atoms. The van der Waals surface area contributed by atoms with Gasteiger partial charge >= 0.3 is 0 Å². The zero-order chi connectivity index (χ0) is 17.4.